The second-order valence-corrected chi connectivity index (χ2v) is 5.99. The van der Waals surface area contributed by atoms with E-state index in [9.17, 15) is 4.79 Å². The molecule has 2 heterocycles. The Balaban J connectivity index is 1.56. The number of nitrogens with zero attached hydrogens (tertiary/aromatic N) is 1. The van der Waals surface area contributed by atoms with Gasteiger partial charge in [0, 0.05) is 21.8 Å². The highest BCUT2D eigenvalue weighted by molar-refractivity contribution is 7.14. The molecule has 0 spiro atoms. The SMILES string of the molecule is O=C(Nc1nc(-c2ccccc2)cs1)c1cc2ccccc2[nH]1. The number of anilines is 1. The van der Waals surface area contributed by atoms with E-state index in [0.29, 0.717) is 10.8 Å². The van der Waals surface area contributed by atoms with Crippen molar-refractivity contribution in [2.24, 2.45) is 0 Å². The van der Waals surface area contributed by atoms with Crippen LogP contribution in [-0.4, -0.2) is 15.9 Å². The summed E-state index contributed by atoms with van der Waals surface area (Å²) in [7, 11) is 0. The first-order chi connectivity index (χ1) is 11.3. The Morgan fingerprint density at radius 2 is 1.83 bits per heavy atom. The minimum absolute atomic E-state index is 0.185. The molecule has 0 unspecified atom stereocenters. The summed E-state index contributed by atoms with van der Waals surface area (Å²) < 4.78 is 0. The second kappa shape index (κ2) is 5.70. The van der Waals surface area contributed by atoms with E-state index in [-0.39, 0.29) is 5.91 Å². The topological polar surface area (TPSA) is 57.8 Å². The van der Waals surface area contributed by atoms with Gasteiger partial charge in [-0.25, -0.2) is 4.98 Å². The molecule has 0 fully saturated rings. The lowest BCUT2D eigenvalue weighted by atomic mass is 10.2. The molecule has 1 amide bonds. The minimum Gasteiger partial charge on any atom is -0.351 e. The molecule has 112 valence electrons. The zero-order chi connectivity index (χ0) is 15.6. The summed E-state index contributed by atoms with van der Waals surface area (Å²) in [5, 5.41) is 6.39. The summed E-state index contributed by atoms with van der Waals surface area (Å²) >= 11 is 1.42. The molecule has 0 aliphatic heterocycles. The van der Waals surface area contributed by atoms with Gasteiger partial charge >= 0.3 is 0 Å². The number of para-hydroxylation sites is 1. The molecule has 23 heavy (non-hydrogen) atoms. The Labute approximate surface area is 136 Å². The maximum Gasteiger partial charge on any atom is 0.273 e. The number of fused-ring (bicyclic) bond motifs is 1. The Morgan fingerprint density at radius 3 is 2.65 bits per heavy atom. The molecule has 0 saturated carbocycles. The summed E-state index contributed by atoms with van der Waals surface area (Å²) in [6, 6.07) is 19.6. The number of carbonyl (C=O) groups is 1. The predicted molar refractivity (Wildman–Crippen MR) is 93.8 cm³/mol. The quantitative estimate of drug-likeness (QED) is 0.582. The fourth-order valence-electron chi connectivity index (χ4n) is 2.43. The summed E-state index contributed by atoms with van der Waals surface area (Å²) in [5.74, 6) is -0.185. The third-order valence-electron chi connectivity index (χ3n) is 3.57. The van der Waals surface area contributed by atoms with Crippen LogP contribution in [0.15, 0.2) is 66.0 Å². The van der Waals surface area contributed by atoms with E-state index in [2.05, 4.69) is 15.3 Å². The number of benzene rings is 2. The van der Waals surface area contributed by atoms with Crippen molar-refractivity contribution in [3.8, 4) is 11.3 Å². The van der Waals surface area contributed by atoms with Crippen molar-refractivity contribution >= 4 is 33.3 Å². The molecule has 4 nitrogen and oxygen atoms in total. The molecule has 0 atom stereocenters. The van der Waals surface area contributed by atoms with Crippen LogP contribution in [0.2, 0.25) is 0 Å². The van der Waals surface area contributed by atoms with Gasteiger partial charge < -0.3 is 4.98 Å². The van der Waals surface area contributed by atoms with Crippen LogP contribution < -0.4 is 5.32 Å². The van der Waals surface area contributed by atoms with Crippen molar-refractivity contribution < 1.29 is 4.79 Å². The highest BCUT2D eigenvalue weighted by Crippen LogP contribution is 2.25. The Kier molecular flexibility index (Phi) is 3.40. The van der Waals surface area contributed by atoms with E-state index in [4.69, 9.17) is 0 Å². The molecule has 4 rings (SSSR count). The van der Waals surface area contributed by atoms with Crippen LogP contribution in [0.4, 0.5) is 5.13 Å². The molecule has 0 saturated heterocycles. The van der Waals surface area contributed by atoms with E-state index in [1.54, 1.807) is 0 Å². The lowest BCUT2D eigenvalue weighted by Crippen LogP contribution is -2.11. The highest BCUT2D eigenvalue weighted by Gasteiger charge is 2.12. The van der Waals surface area contributed by atoms with Gasteiger partial charge in [0.05, 0.1) is 5.69 Å². The number of rotatable bonds is 3. The number of aromatic amines is 1. The van der Waals surface area contributed by atoms with Gasteiger partial charge in [0.25, 0.3) is 5.91 Å². The van der Waals surface area contributed by atoms with Crippen LogP contribution in [0, 0.1) is 0 Å². The molecule has 0 aliphatic rings. The fraction of sp³-hybridized carbons (Fsp3) is 0. The maximum atomic E-state index is 12.4. The van der Waals surface area contributed by atoms with Crippen molar-refractivity contribution in [2.45, 2.75) is 0 Å². The minimum atomic E-state index is -0.185. The average molecular weight is 319 g/mol. The number of H-pyrrole nitrogens is 1. The van der Waals surface area contributed by atoms with Crippen molar-refractivity contribution in [2.75, 3.05) is 5.32 Å². The molecule has 0 bridgehead atoms. The average Bonchev–Trinajstić information content (AvgIpc) is 3.22. The first-order valence-corrected chi connectivity index (χ1v) is 8.07. The Morgan fingerprint density at radius 1 is 1.04 bits per heavy atom. The number of hydrogen-bond donors (Lipinski definition) is 2. The molecule has 2 aromatic carbocycles. The molecule has 4 aromatic rings. The van der Waals surface area contributed by atoms with Crippen LogP contribution in [0.5, 0.6) is 0 Å². The second-order valence-electron chi connectivity index (χ2n) is 5.13. The van der Waals surface area contributed by atoms with Crippen LogP contribution in [-0.2, 0) is 0 Å². The zero-order valence-electron chi connectivity index (χ0n) is 12.1. The van der Waals surface area contributed by atoms with Crippen LogP contribution in [0.1, 0.15) is 10.5 Å². The van der Waals surface area contributed by atoms with E-state index in [0.717, 1.165) is 22.2 Å². The van der Waals surface area contributed by atoms with Gasteiger partial charge in [-0.1, -0.05) is 48.5 Å². The number of thiazole rings is 1. The van der Waals surface area contributed by atoms with Gasteiger partial charge in [0.1, 0.15) is 5.69 Å². The molecular weight excluding hydrogens is 306 g/mol. The van der Waals surface area contributed by atoms with Gasteiger partial charge in [-0.2, -0.15) is 0 Å². The number of nitrogens with one attached hydrogen (secondary N) is 2. The van der Waals surface area contributed by atoms with Crippen molar-refractivity contribution in [3.05, 3.63) is 71.7 Å². The molecule has 2 N–H and O–H groups in total. The van der Waals surface area contributed by atoms with Gasteiger partial charge in [-0.15, -0.1) is 11.3 Å². The van der Waals surface area contributed by atoms with E-state index < -0.39 is 0 Å². The predicted octanol–water partition coefficient (Wildman–Crippen LogP) is 4.54. The first kappa shape index (κ1) is 13.7. The lowest BCUT2D eigenvalue weighted by molar-refractivity contribution is 0.102. The molecule has 0 radical (unpaired) electrons. The van der Waals surface area contributed by atoms with Crippen LogP contribution >= 0.6 is 11.3 Å². The summed E-state index contributed by atoms with van der Waals surface area (Å²) in [6.45, 7) is 0. The smallest absolute Gasteiger partial charge is 0.273 e. The number of aromatic nitrogens is 2. The molecular formula is C18H13N3OS. The molecule has 5 heteroatoms. The van der Waals surface area contributed by atoms with Gasteiger partial charge in [-0.05, 0) is 12.1 Å². The largest absolute Gasteiger partial charge is 0.351 e. The third kappa shape index (κ3) is 2.74. The van der Waals surface area contributed by atoms with Crippen LogP contribution in [0.25, 0.3) is 22.2 Å². The Hall–Kier alpha value is -2.92. The van der Waals surface area contributed by atoms with Crippen molar-refractivity contribution in [1.29, 1.82) is 0 Å². The molecule has 0 aliphatic carbocycles. The summed E-state index contributed by atoms with van der Waals surface area (Å²) in [4.78, 5) is 19.9. The summed E-state index contributed by atoms with van der Waals surface area (Å²) in [6.07, 6.45) is 0. The molecule has 2 aromatic heterocycles. The number of amides is 1. The number of carbonyl (C=O) groups excluding carboxylic acids is 1. The standard InChI is InChI=1S/C18H13N3OS/c22-17(15-10-13-8-4-5-9-14(13)19-15)21-18-20-16(11-23-18)12-6-2-1-3-7-12/h1-11,19H,(H,20,21,22). The third-order valence-corrected chi connectivity index (χ3v) is 4.33. The summed E-state index contributed by atoms with van der Waals surface area (Å²) in [5.41, 5.74) is 3.38. The Bertz CT molecular complexity index is 939. The van der Waals surface area contributed by atoms with Crippen molar-refractivity contribution in [3.63, 3.8) is 0 Å². The van der Waals surface area contributed by atoms with Gasteiger partial charge in [0.15, 0.2) is 5.13 Å². The van der Waals surface area contributed by atoms with Crippen molar-refractivity contribution in [1.82, 2.24) is 9.97 Å². The first-order valence-electron chi connectivity index (χ1n) is 7.20. The lowest BCUT2D eigenvalue weighted by Gasteiger charge is -1.98. The van der Waals surface area contributed by atoms with E-state index >= 15 is 0 Å². The van der Waals surface area contributed by atoms with Gasteiger partial charge in [0.2, 0.25) is 0 Å². The monoisotopic (exact) mass is 319 g/mol. The van der Waals surface area contributed by atoms with Crippen LogP contribution in [0.3, 0.4) is 0 Å². The fourth-order valence-corrected chi connectivity index (χ4v) is 3.15. The number of hydrogen-bond acceptors (Lipinski definition) is 3. The van der Waals surface area contributed by atoms with E-state index in [1.807, 2.05) is 66.0 Å². The van der Waals surface area contributed by atoms with E-state index in [1.165, 1.54) is 11.3 Å². The maximum absolute atomic E-state index is 12.4. The highest BCUT2D eigenvalue weighted by atomic mass is 32.1. The zero-order valence-corrected chi connectivity index (χ0v) is 12.9. The van der Waals surface area contributed by atoms with Gasteiger partial charge in [-0.3, -0.25) is 10.1 Å². The normalized spacial score (nSPS) is 10.8.